The van der Waals surface area contributed by atoms with E-state index in [9.17, 15) is 4.79 Å². The number of Topliss-reactive ketones (excluding diaryl/α,β-unsaturated/α-hetero) is 1. The second-order valence-corrected chi connectivity index (χ2v) is 7.22. The van der Waals surface area contributed by atoms with E-state index < -0.39 is 5.60 Å². The Morgan fingerprint density at radius 2 is 1.67 bits per heavy atom. The molecule has 1 spiro atoms. The third-order valence-corrected chi connectivity index (χ3v) is 5.51. The average Bonchev–Trinajstić information content (AvgIpc) is 3.00. The van der Waals surface area contributed by atoms with Crippen molar-refractivity contribution in [1.29, 1.82) is 0 Å². The van der Waals surface area contributed by atoms with Crippen LogP contribution in [0.5, 0.6) is 0 Å². The molecule has 0 atom stereocenters. The molecule has 2 aliphatic heterocycles. The summed E-state index contributed by atoms with van der Waals surface area (Å²) in [7, 11) is 1.46. The first-order chi connectivity index (χ1) is 13.2. The van der Waals surface area contributed by atoms with E-state index in [1.807, 2.05) is 54.6 Å². The highest BCUT2D eigenvalue weighted by atomic mass is 32.2. The summed E-state index contributed by atoms with van der Waals surface area (Å²) in [5.41, 5.74) is 1.58. The van der Waals surface area contributed by atoms with E-state index in [0.717, 1.165) is 28.1 Å². The van der Waals surface area contributed by atoms with Crippen LogP contribution in [-0.2, 0) is 23.5 Å². The number of ether oxygens (including phenoxy) is 2. The van der Waals surface area contributed by atoms with E-state index in [4.69, 9.17) is 13.8 Å². The molecule has 6 heteroatoms. The molecule has 5 nitrogen and oxygen atoms in total. The first kappa shape index (κ1) is 18.3. The van der Waals surface area contributed by atoms with Crippen molar-refractivity contribution < 1.29 is 23.5 Å². The van der Waals surface area contributed by atoms with Crippen molar-refractivity contribution in [1.82, 2.24) is 0 Å². The van der Waals surface area contributed by atoms with Gasteiger partial charge in [0.1, 0.15) is 5.76 Å². The van der Waals surface area contributed by atoms with Gasteiger partial charge in [0.15, 0.2) is 5.60 Å². The topological polar surface area (TPSA) is 54.0 Å². The summed E-state index contributed by atoms with van der Waals surface area (Å²) in [4.78, 5) is 18.9. The Kier molecular flexibility index (Phi) is 5.31. The Labute approximate surface area is 162 Å². The number of rotatable bonds is 5. The lowest BCUT2D eigenvalue weighted by atomic mass is 9.85. The Morgan fingerprint density at radius 3 is 2.33 bits per heavy atom. The third-order valence-electron chi connectivity index (χ3n) is 4.84. The highest BCUT2D eigenvalue weighted by molar-refractivity contribution is 7.94. The van der Waals surface area contributed by atoms with E-state index in [2.05, 4.69) is 4.89 Å². The van der Waals surface area contributed by atoms with Crippen LogP contribution >= 0.6 is 12.0 Å². The second-order valence-electron chi connectivity index (χ2n) is 6.45. The quantitative estimate of drug-likeness (QED) is 0.436. The number of carbonyl (C=O) groups is 1. The molecule has 27 heavy (non-hydrogen) atoms. The normalized spacial score (nSPS) is 18.8. The molecule has 1 fully saturated rings. The maximum absolute atomic E-state index is 13.4. The van der Waals surface area contributed by atoms with Crippen molar-refractivity contribution in [2.24, 2.45) is 0 Å². The van der Waals surface area contributed by atoms with Crippen LogP contribution in [0.25, 0.3) is 11.3 Å². The van der Waals surface area contributed by atoms with E-state index in [-0.39, 0.29) is 5.78 Å². The summed E-state index contributed by atoms with van der Waals surface area (Å²) in [5, 5.41) is 0. The van der Waals surface area contributed by atoms with Gasteiger partial charge in [0, 0.05) is 23.3 Å². The minimum atomic E-state index is -0.814. The molecule has 2 aromatic rings. The fourth-order valence-corrected chi connectivity index (χ4v) is 3.85. The van der Waals surface area contributed by atoms with Crippen LogP contribution in [0, 0.1) is 0 Å². The van der Waals surface area contributed by atoms with Crippen molar-refractivity contribution in [2.75, 3.05) is 20.3 Å². The fourth-order valence-electron chi connectivity index (χ4n) is 3.46. The molecule has 4 rings (SSSR count). The van der Waals surface area contributed by atoms with E-state index in [1.165, 1.54) is 7.11 Å². The summed E-state index contributed by atoms with van der Waals surface area (Å²) in [6.45, 7) is 1.07. The summed E-state index contributed by atoms with van der Waals surface area (Å²) >= 11 is 1.13. The van der Waals surface area contributed by atoms with Gasteiger partial charge in [0.2, 0.25) is 5.78 Å². The molecule has 0 aliphatic carbocycles. The second kappa shape index (κ2) is 7.86. The van der Waals surface area contributed by atoms with Crippen molar-refractivity contribution in [3.63, 3.8) is 0 Å². The zero-order valence-corrected chi connectivity index (χ0v) is 15.8. The lowest BCUT2D eigenvalue weighted by molar-refractivity contribution is -0.160. The summed E-state index contributed by atoms with van der Waals surface area (Å²) in [6, 6.07) is 17.4. The molecule has 0 saturated carbocycles. The van der Waals surface area contributed by atoms with E-state index >= 15 is 0 Å². The molecule has 0 bridgehead atoms. The zero-order valence-electron chi connectivity index (χ0n) is 15.0. The molecule has 0 amide bonds. The van der Waals surface area contributed by atoms with Crippen LogP contribution in [0.1, 0.15) is 24.0 Å². The number of carbonyl (C=O) groups excluding carboxylic acids is 1. The number of hydrogen-bond donors (Lipinski definition) is 0. The lowest BCUT2D eigenvalue weighted by Crippen LogP contribution is -2.42. The molecule has 0 N–H and O–H groups in total. The van der Waals surface area contributed by atoms with Gasteiger partial charge in [-0.05, 0) is 17.7 Å². The first-order valence-corrected chi connectivity index (χ1v) is 9.57. The highest BCUT2D eigenvalue weighted by Gasteiger charge is 2.50. The molecule has 0 unspecified atom stereocenters. The van der Waals surface area contributed by atoms with Gasteiger partial charge in [-0.2, -0.15) is 4.33 Å². The Hall–Kier alpha value is -2.12. The Morgan fingerprint density at radius 1 is 0.963 bits per heavy atom. The predicted octanol–water partition coefficient (Wildman–Crippen LogP) is 4.29. The van der Waals surface area contributed by atoms with Gasteiger partial charge < -0.3 is 9.47 Å². The molecule has 0 aromatic heterocycles. The standard InChI is InChI=1S/C21H20O5S/c1-23-26-27-17-9-7-16(8-10-17)19-18(15-5-3-2-4-6-15)20(22)21(25-19)11-13-24-14-12-21/h2-10H,11-14H2,1H3. The Bertz CT molecular complexity index is 839. The van der Waals surface area contributed by atoms with Gasteiger partial charge in [0.05, 0.1) is 37.9 Å². The largest absolute Gasteiger partial charge is 0.478 e. The van der Waals surface area contributed by atoms with Crippen LogP contribution in [0.15, 0.2) is 59.5 Å². The summed E-state index contributed by atoms with van der Waals surface area (Å²) in [6.07, 6.45) is 1.14. The molecule has 140 valence electrons. The van der Waals surface area contributed by atoms with Crippen LogP contribution in [-0.4, -0.2) is 31.7 Å². The number of ketones is 1. The lowest BCUT2D eigenvalue weighted by Gasteiger charge is -2.32. The molecule has 1 saturated heterocycles. The number of benzene rings is 2. The van der Waals surface area contributed by atoms with E-state index in [0.29, 0.717) is 37.4 Å². The van der Waals surface area contributed by atoms with Gasteiger partial charge in [-0.15, -0.1) is 0 Å². The zero-order chi connectivity index (χ0) is 18.7. The van der Waals surface area contributed by atoms with Crippen LogP contribution < -0.4 is 0 Å². The average molecular weight is 384 g/mol. The fraction of sp³-hybridized carbons (Fsp3) is 0.286. The minimum absolute atomic E-state index is 0.0492. The predicted molar refractivity (Wildman–Crippen MR) is 103 cm³/mol. The van der Waals surface area contributed by atoms with E-state index in [1.54, 1.807) is 0 Å². The maximum Gasteiger partial charge on any atom is 0.210 e. The summed E-state index contributed by atoms with van der Waals surface area (Å²) < 4.78 is 16.7. The maximum atomic E-state index is 13.4. The van der Waals surface area contributed by atoms with Crippen molar-refractivity contribution in [3.05, 3.63) is 65.7 Å². The van der Waals surface area contributed by atoms with Gasteiger partial charge in [-0.1, -0.05) is 42.5 Å². The summed E-state index contributed by atoms with van der Waals surface area (Å²) in [5.74, 6) is 0.686. The van der Waals surface area contributed by atoms with Crippen LogP contribution in [0.3, 0.4) is 0 Å². The smallest absolute Gasteiger partial charge is 0.210 e. The van der Waals surface area contributed by atoms with Crippen molar-refractivity contribution in [3.8, 4) is 0 Å². The van der Waals surface area contributed by atoms with Gasteiger partial charge in [-0.3, -0.25) is 4.79 Å². The highest BCUT2D eigenvalue weighted by Crippen LogP contribution is 2.45. The van der Waals surface area contributed by atoms with Crippen LogP contribution in [0.4, 0.5) is 0 Å². The molecule has 0 radical (unpaired) electrons. The molecular weight excluding hydrogens is 364 g/mol. The molecule has 2 aromatic carbocycles. The molecular formula is C21H20O5S. The first-order valence-electron chi connectivity index (χ1n) is 8.82. The van der Waals surface area contributed by atoms with Crippen LogP contribution in [0.2, 0.25) is 0 Å². The molecule has 2 aliphatic rings. The van der Waals surface area contributed by atoms with Gasteiger partial charge in [0.25, 0.3) is 0 Å². The van der Waals surface area contributed by atoms with Crippen molar-refractivity contribution in [2.45, 2.75) is 23.3 Å². The SMILES string of the molecule is COOSc1ccc(C2=C(c3ccccc3)C(=O)C3(CCOCC3)O2)cc1. The number of hydrogen-bond acceptors (Lipinski definition) is 6. The van der Waals surface area contributed by atoms with Gasteiger partial charge in [-0.25, -0.2) is 4.89 Å². The van der Waals surface area contributed by atoms with Crippen molar-refractivity contribution >= 4 is 29.2 Å². The third kappa shape index (κ3) is 3.53. The Balaban J connectivity index is 1.74. The molecule has 2 heterocycles. The minimum Gasteiger partial charge on any atom is -0.478 e. The van der Waals surface area contributed by atoms with Gasteiger partial charge >= 0.3 is 0 Å². The monoisotopic (exact) mass is 384 g/mol.